The van der Waals surface area contributed by atoms with Crippen molar-refractivity contribution in [2.24, 2.45) is 5.92 Å². The summed E-state index contributed by atoms with van der Waals surface area (Å²) in [6.45, 7) is 6.97. The Hall–Kier alpha value is -2.62. The van der Waals surface area contributed by atoms with Crippen molar-refractivity contribution in [2.75, 3.05) is 19.6 Å². The standard InChI is InChI=1S/C25H32N2O2/c1-3-21-9-11-23(12-10-21)25(29)27(19-22-7-5-4-6-8-22)18-15-24(28)26-16-13-20(2)14-17-26/h4-12,20H,3,13-19H2,1-2H3. The minimum absolute atomic E-state index is 0.0171. The van der Waals surface area contributed by atoms with Gasteiger partial charge in [-0.3, -0.25) is 9.59 Å². The maximum absolute atomic E-state index is 13.2. The molecule has 1 aliphatic rings. The summed E-state index contributed by atoms with van der Waals surface area (Å²) in [5.41, 5.74) is 2.97. The third-order valence-electron chi connectivity index (χ3n) is 5.84. The summed E-state index contributed by atoms with van der Waals surface area (Å²) in [4.78, 5) is 29.6. The first-order valence-corrected chi connectivity index (χ1v) is 10.8. The Balaban J connectivity index is 1.68. The number of benzene rings is 2. The van der Waals surface area contributed by atoms with Crippen LogP contribution >= 0.6 is 0 Å². The highest BCUT2D eigenvalue weighted by molar-refractivity contribution is 5.94. The highest BCUT2D eigenvalue weighted by Gasteiger charge is 2.22. The quantitative estimate of drug-likeness (QED) is 0.694. The van der Waals surface area contributed by atoms with Crippen molar-refractivity contribution in [3.63, 3.8) is 0 Å². The third kappa shape index (κ3) is 5.93. The van der Waals surface area contributed by atoms with E-state index in [0.29, 0.717) is 31.0 Å². The summed E-state index contributed by atoms with van der Waals surface area (Å²) in [5, 5.41) is 0. The van der Waals surface area contributed by atoms with Crippen LogP contribution in [0.5, 0.6) is 0 Å². The lowest BCUT2D eigenvalue weighted by molar-refractivity contribution is -0.132. The fourth-order valence-electron chi connectivity index (χ4n) is 3.77. The van der Waals surface area contributed by atoms with E-state index in [2.05, 4.69) is 13.8 Å². The molecule has 2 aromatic carbocycles. The van der Waals surface area contributed by atoms with Gasteiger partial charge in [-0.05, 0) is 48.4 Å². The van der Waals surface area contributed by atoms with Crippen molar-refractivity contribution in [3.8, 4) is 0 Å². The molecule has 29 heavy (non-hydrogen) atoms. The van der Waals surface area contributed by atoms with Gasteiger partial charge in [0.2, 0.25) is 5.91 Å². The number of carbonyl (C=O) groups is 2. The average molecular weight is 393 g/mol. The fraction of sp³-hybridized carbons (Fsp3) is 0.440. The Morgan fingerprint density at radius 1 is 0.966 bits per heavy atom. The second-order valence-corrected chi connectivity index (χ2v) is 8.08. The van der Waals surface area contributed by atoms with Gasteiger partial charge in [-0.25, -0.2) is 0 Å². The van der Waals surface area contributed by atoms with Crippen LogP contribution in [0.25, 0.3) is 0 Å². The zero-order chi connectivity index (χ0) is 20.6. The molecule has 0 spiro atoms. The second-order valence-electron chi connectivity index (χ2n) is 8.08. The maximum atomic E-state index is 13.2. The Labute approximate surface area is 174 Å². The molecule has 0 saturated carbocycles. The molecule has 2 aromatic rings. The van der Waals surface area contributed by atoms with Crippen LogP contribution in [0.4, 0.5) is 0 Å². The molecule has 0 atom stereocenters. The molecule has 0 aromatic heterocycles. The van der Waals surface area contributed by atoms with Crippen molar-refractivity contribution in [3.05, 3.63) is 71.3 Å². The number of hydrogen-bond acceptors (Lipinski definition) is 2. The van der Waals surface area contributed by atoms with Crippen LogP contribution < -0.4 is 0 Å². The Bertz CT molecular complexity index is 793. The topological polar surface area (TPSA) is 40.6 Å². The smallest absolute Gasteiger partial charge is 0.254 e. The molecule has 1 aliphatic heterocycles. The van der Waals surface area contributed by atoms with Gasteiger partial charge in [-0.1, -0.05) is 56.3 Å². The normalized spacial score (nSPS) is 14.6. The average Bonchev–Trinajstić information content (AvgIpc) is 2.77. The molecule has 1 fully saturated rings. The van der Waals surface area contributed by atoms with Crippen LogP contribution in [-0.4, -0.2) is 41.2 Å². The van der Waals surface area contributed by atoms with E-state index in [1.165, 1.54) is 5.56 Å². The van der Waals surface area contributed by atoms with Gasteiger partial charge >= 0.3 is 0 Å². The summed E-state index contributed by atoms with van der Waals surface area (Å²) in [7, 11) is 0. The van der Waals surface area contributed by atoms with Gasteiger partial charge in [0.05, 0.1) is 0 Å². The number of piperidine rings is 1. The van der Waals surface area contributed by atoms with Gasteiger partial charge in [-0.15, -0.1) is 0 Å². The SMILES string of the molecule is CCc1ccc(C(=O)N(CCC(=O)N2CCC(C)CC2)Cc2ccccc2)cc1. The number of hydrogen-bond donors (Lipinski definition) is 0. The highest BCUT2D eigenvalue weighted by Crippen LogP contribution is 2.18. The minimum atomic E-state index is -0.0171. The van der Waals surface area contributed by atoms with Crippen molar-refractivity contribution in [1.82, 2.24) is 9.80 Å². The first-order chi connectivity index (χ1) is 14.1. The molecule has 154 valence electrons. The van der Waals surface area contributed by atoms with Gasteiger partial charge in [0, 0.05) is 38.2 Å². The Morgan fingerprint density at radius 3 is 2.24 bits per heavy atom. The molecule has 1 saturated heterocycles. The van der Waals surface area contributed by atoms with Gasteiger partial charge in [0.25, 0.3) is 5.91 Å². The predicted octanol–water partition coefficient (Wildman–Crippen LogP) is 4.54. The third-order valence-corrected chi connectivity index (χ3v) is 5.84. The van der Waals surface area contributed by atoms with E-state index in [0.717, 1.165) is 37.9 Å². The number of carbonyl (C=O) groups excluding carboxylic acids is 2. The van der Waals surface area contributed by atoms with Crippen LogP contribution in [0.1, 0.15) is 54.6 Å². The van der Waals surface area contributed by atoms with Gasteiger partial charge < -0.3 is 9.80 Å². The number of aryl methyl sites for hydroxylation is 1. The van der Waals surface area contributed by atoms with E-state index in [-0.39, 0.29) is 11.8 Å². The maximum Gasteiger partial charge on any atom is 0.254 e. The molecule has 0 unspecified atom stereocenters. The molecule has 4 heteroatoms. The van der Waals surface area contributed by atoms with Crippen LogP contribution in [0.3, 0.4) is 0 Å². The minimum Gasteiger partial charge on any atom is -0.343 e. The largest absolute Gasteiger partial charge is 0.343 e. The fourth-order valence-corrected chi connectivity index (χ4v) is 3.77. The molecular weight excluding hydrogens is 360 g/mol. The number of rotatable bonds is 7. The summed E-state index contributed by atoms with van der Waals surface area (Å²) in [5.74, 6) is 0.835. The Kier molecular flexibility index (Phi) is 7.45. The first kappa shape index (κ1) is 21.1. The summed E-state index contributed by atoms with van der Waals surface area (Å²) < 4.78 is 0. The molecule has 3 rings (SSSR count). The Morgan fingerprint density at radius 2 is 1.62 bits per heavy atom. The number of likely N-dealkylation sites (tertiary alicyclic amines) is 1. The van der Waals surface area contributed by atoms with Crippen molar-refractivity contribution in [1.29, 1.82) is 0 Å². The van der Waals surface area contributed by atoms with Crippen LogP contribution in [0, 0.1) is 5.92 Å². The van der Waals surface area contributed by atoms with E-state index in [9.17, 15) is 9.59 Å². The molecule has 0 N–H and O–H groups in total. The molecule has 2 amide bonds. The summed E-state index contributed by atoms with van der Waals surface area (Å²) in [6.07, 6.45) is 3.47. The van der Waals surface area contributed by atoms with E-state index < -0.39 is 0 Å². The number of amides is 2. The van der Waals surface area contributed by atoms with Crippen LogP contribution in [-0.2, 0) is 17.8 Å². The summed E-state index contributed by atoms with van der Waals surface area (Å²) in [6, 6.07) is 17.8. The zero-order valence-corrected chi connectivity index (χ0v) is 17.6. The predicted molar refractivity (Wildman–Crippen MR) is 117 cm³/mol. The van der Waals surface area contributed by atoms with Gasteiger partial charge in [0.15, 0.2) is 0 Å². The molecule has 0 radical (unpaired) electrons. The lowest BCUT2D eigenvalue weighted by atomic mass is 9.99. The van der Waals surface area contributed by atoms with Gasteiger partial charge in [0.1, 0.15) is 0 Å². The second kappa shape index (κ2) is 10.2. The zero-order valence-electron chi connectivity index (χ0n) is 17.6. The van der Waals surface area contributed by atoms with Gasteiger partial charge in [-0.2, -0.15) is 0 Å². The van der Waals surface area contributed by atoms with E-state index in [1.807, 2.05) is 59.5 Å². The first-order valence-electron chi connectivity index (χ1n) is 10.8. The van der Waals surface area contributed by atoms with Crippen molar-refractivity contribution in [2.45, 2.75) is 46.1 Å². The van der Waals surface area contributed by atoms with E-state index in [1.54, 1.807) is 4.90 Å². The highest BCUT2D eigenvalue weighted by atomic mass is 16.2. The van der Waals surface area contributed by atoms with E-state index >= 15 is 0 Å². The van der Waals surface area contributed by atoms with Crippen molar-refractivity contribution >= 4 is 11.8 Å². The number of nitrogens with zero attached hydrogens (tertiary/aromatic N) is 2. The lowest BCUT2D eigenvalue weighted by Gasteiger charge is -2.31. The van der Waals surface area contributed by atoms with E-state index in [4.69, 9.17) is 0 Å². The monoisotopic (exact) mass is 392 g/mol. The van der Waals surface area contributed by atoms with Crippen LogP contribution in [0.2, 0.25) is 0 Å². The van der Waals surface area contributed by atoms with Crippen LogP contribution in [0.15, 0.2) is 54.6 Å². The molecule has 0 aliphatic carbocycles. The van der Waals surface area contributed by atoms with Crippen molar-refractivity contribution < 1.29 is 9.59 Å². The molecule has 0 bridgehead atoms. The molecule has 1 heterocycles. The lowest BCUT2D eigenvalue weighted by Crippen LogP contribution is -2.40. The molecular formula is C25H32N2O2. The summed E-state index contributed by atoms with van der Waals surface area (Å²) >= 11 is 0. The molecule has 4 nitrogen and oxygen atoms in total.